The summed E-state index contributed by atoms with van der Waals surface area (Å²) in [5.41, 5.74) is 0. The van der Waals surface area contributed by atoms with Gasteiger partial charge in [-0.1, -0.05) is 26.7 Å². The number of carbonyl (C=O) groups excluding carboxylic acids is 1. The smallest absolute Gasteiger partial charge is 0.221 e. The molecule has 0 aromatic rings. The van der Waals surface area contributed by atoms with Gasteiger partial charge in [-0.2, -0.15) is 0 Å². The molecular weight excluding hydrogens is 216 g/mol. The van der Waals surface area contributed by atoms with Gasteiger partial charge < -0.3 is 15.7 Å². The summed E-state index contributed by atoms with van der Waals surface area (Å²) >= 11 is 0. The number of carbonyl (C=O) groups is 1. The normalized spacial score (nSPS) is 17.2. The lowest BCUT2D eigenvalue weighted by Gasteiger charge is -2.20. The van der Waals surface area contributed by atoms with Gasteiger partial charge in [0.05, 0.1) is 6.10 Å². The summed E-state index contributed by atoms with van der Waals surface area (Å²) in [4.78, 5) is 11.4. The van der Waals surface area contributed by atoms with Gasteiger partial charge in [0.2, 0.25) is 5.91 Å². The van der Waals surface area contributed by atoms with Crippen LogP contribution in [0, 0.1) is 5.92 Å². The van der Waals surface area contributed by atoms with Crippen LogP contribution in [0.4, 0.5) is 0 Å². The molecular formula is C13H26N2O2. The topological polar surface area (TPSA) is 61.4 Å². The number of hydrogen-bond donors (Lipinski definition) is 3. The summed E-state index contributed by atoms with van der Waals surface area (Å²) in [6.07, 6.45) is 4.48. The van der Waals surface area contributed by atoms with Gasteiger partial charge in [0.15, 0.2) is 0 Å². The number of hydrogen-bond acceptors (Lipinski definition) is 3. The maximum absolute atomic E-state index is 11.4. The minimum absolute atomic E-state index is 0.122. The first kappa shape index (κ1) is 14.5. The molecule has 1 unspecified atom stereocenters. The van der Waals surface area contributed by atoms with Gasteiger partial charge in [0.1, 0.15) is 0 Å². The van der Waals surface area contributed by atoms with E-state index >= 15 is 0 Å². The van der Waals surface area contributed by atoms with Crippen LogP contribution in [0.3, 0.4) is 0 Å². The lowest BCUT2D eigenvalue weighted by Crippen LogP contribution is -2.35. The first-order valence-electron chi connectivity index (χ1n) is 6.85. The third-order valence-corrected chi connectivity index (χ3v) is 3.42. The second kappa shape index (κ2) is 7.67. The van der Waals surface area contributed by atoms with Crippen molar-refractivity contribution in [3.63, 3.8) is 0 Å². The van der Waals surface area contributed by atoms with Crippen LogP contribution in [0.2, 0.25) is 0 Å². The molecule has 0 spiro atoms. The van der Waals surface area contributed by atoms with Crippen molar-refractivity contribution in [3.8, 4) is 0 Å². The zero-order valence-corrected chi connectivity index (χ0v) is 11.0. The Balaban J connectivity index is 2.00. The molecule has 1 atom stereocenters. The molecule has 0 heterocycles. The third-order valence-electron chi connectivity index (χ3n) is 3.42. The van der Waals surface area contributed by atoms with Gasteiger partial charge in [-0.05, 0) is 18.8 Å². The highest BCUT2D eigenvalue weighted by atomic mass is 16.3. The summed E-state index contributed by atoms with van der Waals surface area (Å²) in [5.74, 6) is 0.486. The van der Waals surface area contributed by atoms with Crippen molar-refractivity contribution >= 4 is 5.91 Å². The zero-order valence-electron chi connectivity index (χ0n) is 11.0. The minimum atomic E-state index is -0.295. The van der Waals surface area contributed by atoms with Crippen molar-refractivity contribution in [2.24, 2.45) is 5.92 Å². The Labute approximate surface area is 104 Å². The largest absolute Gasteiger partial charge is 0.392 e. The maximum atomic E-state index is 11.4. The number of aliphatic hydroxyl groups excluding tert-OH is 1. The van der Waals surface area contributed by atoms with E-state index in [0.29, 0.717) is 31.5 Å². The van der Waals surface area contributed by atoms with Crippen LogP contribution in [-0.4, -0.2) is 36.2 Å². The highest BCUT2D eigenvalue weighted by molar-refractivity contribution is 5.76. The van der Waals surface area contributed by atoms with Crippen LogP contribution in [0.1, 0.15) is 46.0 Å². The Morgan fingerprint density at radius 2 is 2.00 bits per heavy atom. The predicted molar refractivity (Wildman–Crippen MR) is 68.7 cm³/mol. The Morgan fingerprint density at radius 1 is 1.35 bits per heavy atom. The van der Waals surface area contributed by atoms with Crippen LogP contribution >= 0.6 is 0 Å². The lowest BCUT2D eigenvalue weighted by atomic mass is 9.96. The van der Waals surface area contributed by atoms with E-state index < -0.39 is 0 Å². The SMILES string of the molecule is CCC(CC)C(O)CNCCC(=O)NC1CC1. The fraction of sp³-hybridized carbons (Fsp3) is 0.923. The second-order valence-corrected chi connectivity index (χ2v) is 4.94. The molecule has 100 valence electrons. The van der Waals surface area contributed by atoms with Crippen molar-refractivity contribution in [1.82, 2.24) is 10.6 Å². The van der Waals surface area contributed by atoms with Gasteiger partial charge >= 0.3 is 0 Å². The van der Waals surface area contributed by atoms with E-state index in [0.717, 1.165) is 25.7 Å². The first-order valence-corrected chi connectivity index (χ1v) is 6.85. The monoisotopic (exact) mass is 242 g/mol. The lowest BCUT2D eigenvalue weighted by molar-refractivity contribution is -0.121. The fourth-order valence-corrected chi connectivity index (χ4v) is 1.98. The van der Waals surface area contributed by atoms with Crippen molar-refractivity contribution in [2.45, 2.75) is 58.1 Å². The Bertz CT molecular complexity index is 225. The molecule has 0 aliphatic heterocycles. The van der Waals surface area contributed by atoms with Crippen LogP contribution in [0.25, 0.3) is 0 Å². The second-order valence-electron chi connectivity index (χ2n) is 4.94. The molecule has 1 aliphatic rings. The molecule has 0 aromatic carbocycles. The van der Waals surface area contributed by atoms with E-state index in [9.17, 15) is 9.90 Å². The average molecular weight is 242 g/mol. The Kier molecular flexibility index (Phi) is 6.52. The van der Waals surface area contributed by atoms with Crippen LogP contribution in [-0.2, 0) is 4.79 Å². The van der Waals surface area contributed by atoms with Crippen molar-refractivity contribution in [1.29, 1.82) is 0 Å². The number of nitrogens with one attached hydrogen (secondary N) is 2. The van der Waals surface area contributed by atoms with Gasteiger partial charge in [-0.3, -0.25) is 4.79 Å². The van der Waals surface area contributed by atoms with Gasteiger partial charge in [-0.15, -0.1) is 0 Å². The molecule has 0 bridgehead atoms. The molecule has 4 nitrogen and oxygen atoms in total. The number of rotatable bonds is 9. The van der Waals surface area contributed by atoms with Crippen molar-refractivity contribution in [3.05, 3.63) is 0 Å². The fourth-order valence-electron chi connectivity index (χ4n) is 1.98. The van der Waals surface area contributed by atoms with Crippen LogP contribution in [0.15, 0.2) is 0 Å². The van der Waals surface area contributed by atoms with Crippen LogP contribution in [0.5, 0.6) is 0 Å². The van der Waals surface area contributed by atoms with E-state index in [1.165, 1.54) is 0 Å². The van der Waals surface area contributed by atoms with Gasteiger partial charge in [-0.25, -0.2) is 0 Å². The highest BCUT2D eigenvalue weighted by Gasteiger charge is 2.22. The third kappa shape index (κ3) is 6.03. The predicted octanol–water partition coefficient (Wildman–Crippen LogP) is 1.04. The Morgan fingerprint density at radius 3 is 2.53 bits per heavy atom. The molecule has 1 rings (SSSR count). The highest BCUT2D eigenvalue weighted by Crippen LogP contribution is 2.18. The molecule has 4 heteroatoms. The molecule has 1 saturated carbocycles. The quantitative estimate of drug-likeness (QED) is 0.529. The molecule has 1 fully saturated rings. The molecule has 17 heavy (non-hydrogen) atoms. The molecule has 1 amide bonds. The van der Waals surface area contributed by atoms with E-state index in [1.54, 1.807) is 0 Å². The molecule has 0 saturated heterocycles. The van der Waals surface area contributed by atoms with E-state index in [1.807, 2.05) is 0 Å². The summed E-state index contributed by atoms with van der Waals surface area (Å²) in [5, 5.41) is 16.0. The van der Waals surface area contributed by atoms with Crippen molar-refractivity contribution < 1.29 is 9.90 Å². The van der Waals surface area contributed by atoms with Crippen molar-refractivity contribution in [2.75, 3.05) is 13.1 Å². The maximum Gasteiger partial charge on any atom is 0.221 e. The van der Waals surface area contributed by atoms with Crippen LogP contribution < -0.4 is 10.6 Å². The van der Waals surface area contributed by atoms with E-state index in [-0.39, 0.29) is 12.0 Å². The summed E-state index contributed by atoms with van der Waals surface area (Å²) in [7, 11) is 0. The van der Waals surface area contributed by atoms with E-state index in [4.69, 9.17) is 0 Å². The van der Waals surface area contributed by atoms with Gasteiger partial charge in [0, 0.05) is 25.6 Å². The number of amides is 1. The molecule has 0 aromatic heterocycles. The molecule has 0 radical (unpaired) electrons. The molecule has 3 N–H and O–H groups in total. The van der Waals surface area contributed by atoms with Gasteiger partial charge in [0.25, 0.3) is 0 Å². The summed E-state index contributed by atoms with van der Waals surface area (Å²) < 4.78 is 0. The zero-order chi connectivity index (χ0) is 12.7. The first-order chi connectivity index (χ1) is 8.17. The Hall–Kier alpha value is -0.610. The standard InChI is InChI=1S/C13H26N2O2/c1-3-10(4-2)12(16)9-14-8-7-13(17)15-11-5-6-11/h10-12,14,16H,3-9H2,1-2H3,(H,15,17). The molecule has 1 aliphatic carbocycles. The summed E-state index contributed by atoms with van der Waals surface area (Å²) in [6, 6.07) is 0.442. The minimum Gasteiger partial charge on any atom is -0.392 e. The average Bonchev–Trinajstić information content (AvgIpc) is 3.10. The summed E-state index contributed by atoms with van der Waals surface area (Å²) in [6.45, 7) is 5.43. The number of aliphatic hydroxyl groups is 1. The van der Waals surface area contributed by atoms with E-state index in [2.05, 4.69) is 24.5 Å².